The van der Waals surface area contributed by atoms with Crippen molar-refractivity contribution in [2.24, 2.45) is 23.6 Å². The van der Waals surface area contributed by atoms with E-state index >= 15 is 0 Å². The Hall–Kier alpha value is -0.0800. The second-order valence-corrected chi connectivity index (χ2v) is 6.19. The normalized spacial score (nSPS) is 28.0. The van der Waals surface area contributed by atoms with Crippen LogP contribution in [0.5, 0.6) is 0 Å². The summed E-state index contributed by atoms with van der Waals surface area (Å²) in [6.07, 6.45) is 12.2. The van der Waals surface area contributed by atoms with Gasteiger partial charge in [-0.15, -0.1) is 0 Å². The smallest absolute Gasteiger partial charge is 0.0266 e. The number of unbranched alkanes of at least 4 members (excludes halogenated alkanes) is 1. The molecular formula is C16H34N2. The molecule has 0 amide bonds. The van der Waals surface area contributed by atoms with E-state index in [1.807, 2.05) is 0 Å². The van der Waals surface area contributed by atoms with Crippen LogP contribution in [0.4, 0.5) is 0 Å². The van der Waals surface area contributed by atoms with Crippen LogP contribution in [0.3, 0.4) is 0 Å². The number of hydrogen-bond donors (Lipinski definition) is 2. The Morgan fingerprint density at radius 2 is 1.78 bits per heavy atom. The lowest BCUT2D eigenvalue weighted by Gasteiger charge is -2.37. The summed E-state index contributed by atoms with van der Waals surface area (Å²) in [5.41, 5.74) is 3.16. The molecule has 1 aliphatic rings. The molecule has 1 aliphatic carbocycles. The Bertz CT molecular complexity index is 197. The molecule has 0 aromatic heterocycles. The number of hydrazine groups is 1. The Morgan fingerprint density at radius 3 is 2.22 bits per heavy atom. The van der Waals surface area contributed by atoms with Crippen molar-refractivity contribution in [2.45, 2.75) is 84.6 Å². The molecule has 2 heteroatoms. The molecule has 1 saturated carbocycles. The van der Waals surface area contributed by atoms with E-state index in [-0.39, 0.29) is 0 Å². The van der Waals surface area contributed by atoms with Gasteiger partial charge in [-0.1, -0.05) is 59.3 Å². The number of nitrogens with two attached hydrogens (primary N) is 1. The fourth-order valence-electron chi connectivity index (χ4n) is 3.72. The Balaban J connectivity index is 2.48. The summed E-state index contributed by atoms with van der Waals surface area (Å²) in [6.45, 7) is 6.94. The maximum absolute atomic E-state index is 5.87. The van der Waals surface area contributed by atoms with Crippen molar-refractivity contribution in [2.75, 3.05) is 0 Å². The molecule has 2 atom stereocenters. The zero-order chi connectivity index (χ0) is 13.4. The van der Waals surface area contributed by atoms with Crippen molar-refractivity contribution in [3.05, 3.63) is 0 Å². The molecule has 0 aromatic carbocycles. The van der Waals surface area contributed by atoms with Crippen LogP contribution in [0.2, 0.25) is 0 Å². The highest BCUT2D eigenvalue weighted by Crippen LogP contribution is 2.35. The van der Waals surface area contributed by atoms with Crippen molar-refractivity contribution in [1.82, 2.24) is 5.43 Å². The highest BCUT2D eigenvalue weighted by molar-refractivity contribution is 4.85. The summed E-state index contributed by atoms with van der Waals surface area (Å²) in [5.74, 6) is 8.45. The second kappa shape index (κ2) is 8.92. The molecule has 0 radical (unpaired) electrons. The van der Waals surface area contributed by atoms with Gasteiger partial charge in [0, 0.05) is 6.04 Å². The van der Waals surface area contributed by atoms with Crippen LogP contribution >= 0.6 is 0 Å². The molecule has 0 bridgehead atoms. The van der Waals surface area contributed by atoms with E-state index in [1.54, 1.807) is 0 Å². The van der Waals surface area contributed by atoms with E-state index in [0.29, 0.717) is 6.04 Å². The van der Waals surface area contributed by atoms with Gasteiger partial charge in [-0.05, 0) is 37.0 Å². The summed E-state index contributed by atoms with van der Waals surface area (Å²) in [4.78, 5) is 0. The summed E-state index contributed by atoms with van der Waals surface area (Å²) in [7, 11) is 0. The van der Waals surface area contributed by atoms with E-state index in [0.717, 1.165) is 17.8 Å². The summed E-state index contributed by atoms with van der Waals surface area (Å²) < 4.78 is 0. The number of rotatable bonds is 8. The highest BCUT2D eigenvalue weighted by Gasteiger charge is 2.30. The van der Waals surface area contributed by atoms with Gasteiger partial charge in [-0.3, -0.25) is 11.3 Å². The van der Waals surface area contributed by atoms with Crippen LogP contribution in [-0.4, -0.2) is 6.04 Å². The molecule has 0 heterocycles. The van der Waals surface area contributed by atoms with Gasteiger partial charge in [0.15, 0.2) is 0 Å². The quantitative estimate of drug-likeness (QED) is 0.502. The molecule has 3 N–H and O–H groups in total. The van der Waals surface area contributed by atoms with Gasteiger partial charge in [0.25, 0.3) is 0 Å². The van der Waals surface area contributed by atoms with Gasteiger partial charge in [-0.2, -0.15) is 0 Å². The van der Waals surface area contributed by atoms with E-state index in [1.165, 1.54) is 57.8 Å². The molecule has 0 aliphatic heterocycles. The topological polar surface area (TPSA) is 38.0 Å². The molecule has 2 nitrogen and oxygen atoms in total. The third-order valence-corrected chi connectivity index (χ3v) is 5.13. The first-order chi connectivity index (χ1) is 8.76. The minimum Gasteiger partial charge on any atom is -0.271 e. The van der Waals surface area contributed by atoms with Crippen LogP contribution in [0.25, 0.3) is 0 Å². The van der Waals surface area contributed by atoms with Crippen molar-refractivity contribution < 1.29 is 0 Å². The van der Waals surface area contributed by atoms with Crippen LogP contribution < -0.4 is 11.3 Å². The standard InChI is InChI=1S/C16H34N2/c1-4-7-8-14(6-3)16(18-17)15-11-9-13(5-2)10-12-15/h13-16,18H,4-12,17H2,1-3H3. The van der Waals surface area contributed by atoms with Crippen LogP contribution in [0.15, 0.2) is 0 Å². The lowest BCUT2D eigenvalue weighted by Crippen LogP contribution is -2.47. The van der Waals surface area contributed by atoms with Gasteiger partial charge >= 0.3 is 0 Å². The summed E-state index contributed by atoms with van der Waals surface area (Å²) in [5, 5.41) is 0. The monoisotopic (exact) mass is 254 g/mol. The lowest BCUT2D eigenvalue weighted by molar-refractivity contribution is 0.166. The zero-order valence-electron chi connectivity index (χ0n) is 12.8. The zero-order valence-corrected chi connectivity index (χ0v) is 12.8. The van der Waals surface area contributed by atoms with Gasteiger partial charge < -0.3 is 0 Å². The third-order valence-electron chi connectivity index (χ3n) is 5.13. The fraction of sp³-hybridized carbons (Fsp3) is 1.00. The van der Waals surface area contributed by atoms with Crippen molar-refractivity contribution in [3.8, 4) is 0 Å². The van der Waals surface area contributed by atoms with Crippen molar-refractivity contribution >= 4 is 0 Å². The molecule has 0 saturated heterocycles. The van der Waals surface area contributed by atoms with E-state index < -0.39 is 0 Å². The van der Waals surface area contributed by atoms with Crippen molar-refractivity contribution in [3.63, 3.8) is 0 Å². The average molecular weight is 254 g/mol. The summed E-state index contributed by atoms with van der Waals surface area (Å²) >= 11 is 0. The highest BCUT2D eigenvalue weighted by atomic mass is 15.2. The molecular weight excluding hydrogens is 220 g/mol. The molecule has 1 rings (SSSR count). The minimum absolute atomic E-state index is 0.555. The van der Waals surface area contributed by atoms with Gasteiger partial charge in [0.1, 0.15) is 0 Å². The molecule has 2 unspecified atom stereocenters. The van der Waals surface area contributed by atoms with E-state index in [4.69, 9.17) is 5.84 Å². The van der Waals surface area contributed by atoms with Gasteiger partial charge in [-0.25, -0.2) is 0 Å². The minimum atomic E-state index is 0.555. The molecule has 0 spiro atoms. The van der Waals surface area contributed by atoms with Crippen molar-refractivity contribution in [1.29, 1.82) is 0 Å². The molecule has 1 fully saturated rings. The third kappa shape index (κ3) is 4.55. The summed E-state index contributed by atoms with van der Waals surface area (Å²) in [6, 6.07) is 0.555. The van der Waals surface area contributed by atoms with E-state index in [2.05, 4.69) is 26.2 Å². The SMILES string of the molecule is CCCCC(CC)C(NN)C1CCC(CC)CC1. The average Bonchev–Trinajstić information content (AvgIpc) is 2.43. The first kappa shape index (κ1) is 16.0. The molecule has 0 aromatic rings. The predicted molar refractivity (Wildman–Crippen MR) is 80.2 cm³/mol. The first-order valence-electron chi connectivity index (χ1n) is 8.22. The molecule has 108 valence electrons. The van der Waals surface area contributed by atoms with Crippen LogP contribution in [-0.2, 0) is 0 Å². The van der Waals surface area contributed by atoms with E-state index in [9.17, 15) is 0 Å². The molecule has 18 heavy (non-hydrogen) atoms. The van der Waals surface area contributed by atoms with Crippen LogP contribution in [0.1, 0.15) is 78.6 Å². The van der Waals surface area contributed by atoms with Gasteiger partial charge in [0.2, 0.25) is 0 Å². The first-order valence-corrected chi connectivity index (χ1v) is 8.22. The predicted octanol–water partition coefficient (Wildman–Crippen LogP) is 4.25. The maximum atomic E-state index is 5.87. The van der Waals surface area contributed by atoms with Crippen LogP contribution in [0, 0.1) is 17.8 Å². The van der Waals surface area contributed by atoms with Gasteiger partial charge in [0.05, 0.1) is 0 Å². The largest absolute Gasteiger partial charge is 0.271 e. The second-order valence-electron chi connectivity index (χ2n) is 6.19. The number of hydrogen-bond acceptors (Lipinski definition) is 2. The Morgan fingerprint density at radius 1 is 1.11 bits per heavy atom. The lowest BCUT2D eigenvalue weighted by atomic mass is 9.73. The number of nitrogens with one attached hydrogen (secondary N) is 1. The fourth-order valence-corrected chi connectivity index (χ4v) is 3.72. The Labute approximate surface area is 114 Å². The maximum Gasteiger partial charge on any atom is 0.0266 e. The Kier molecular flexibility index (Phi) is 7.92.